The molecule has 2 nitrogen and oxygen atoms in total. The maximum Gasteiger partial charge on any atom is 0.161 e. The average molecular weight is 315 g/mol. The summed E-state index contributed by atoms with van der Waals surface area (Å²) in [5.41, 5.74) is 1.20. The van der Waals surface area contributed by atoms with Crippen LogP contribution >= 0.6 is 15.9 Å². The Labute approximate surface area is 119 Å². The SMILES string of the molecule is CCCCCCCOc1ccc(CBr)cc1OC. The third-order valence-corrected chi connectivity index (χ3v) is 3.54. The molecule has 0 aromatic heterocycles. The van der Waals surface area contributed by atoms with Gasteiger partial charge in [-0.3, -0.25) is 0 Å². The van der Waals surface area contributed by atoms with Crippen molar-refractivity contribution in [2.75, 3.05) is 13.7 Å². The van der Waals surface area contributed by atoms with E-state index < -0.39 is 0 Å². The normalized spacial score (nSPS) is 10.4. The van der Waals surface area contributed by atoms with Gasteiger partial charge in [0, 0.05) is 5.33 Å². The number of benzene rings is 1. The van der Waals surface area contributed by atoms with Crippen molar-refractivity contribution >= 4 is 15.9 Å². The summed E-state index contributed by atoms with van der Waals surface area (Å²) >= 11 is 3.44. The van der Waals surface area contributed by atoms with E-state index in [-0.39, 0.29) is 0 Å². The Bertz CT molecular complexity index is 339. The predicted octanol–water partition coefficient (Wildman–Crippen LogP) is 4.94. The monoisotopic (exact) mass is 314 g/mol. The van der Waals surface area contributed by atoms with E-state index in [4.69, 9.17) is 9.47 Å². The van der Waals surface area contributed by atoms with Crippen molar-refractivity contribution in [2.45, 2.75) is 44.4 Å². The van der Waals surface area contributed by atoms with Crippen LogP contribution in [0.25, 0.3) is 0 Å². The fourth-order valence-corrected chi connectivity index (χ4v) is 2.15. The van der Waals surface area contributed by atoms with Gasteiger partial charge in [-0.05, 0) is 24.1 Å². The molecule has 0 N–H and O–H groups in total. The van der Waals surface area contributed by atoms with Crippen LogP contribution in [0.5, 0.6) is 11.5 Å². The van der Waals surface area contributed by atoms with Gasteiger partial charge in [-0.2, -0.15) is 0 Å². The zero-order chi connectivity index (χ0) is 13.2. The van der Waals surface area contributed by atoms with Gasteiger partial charge in [-0.25, -0.2) is 0 Å². The van der Waals surface area contributed by atoms with Gasteiger partial charge in [0.05, 0.1) is 13.7 Å². The molecule has 0 aliphatic rings. The minimum Gasteiger partial charge on any atom is -0.493 e. The number of rotatable bonds is 9. The number of unbranched alkanes of at least 4 members (excludes halogenated alkanes) is 4. The number of halogens is 1. The topological polar surface area (TPSA) is 18.5 Å². The van der Waals surface area contributed by atoms with Gasteiger partial charge in [0.15, 0.2) is 11.5 Å². The van der Waals surface area contributed by atoms with Crippen LogP contribution in [0.3, 0.4) is 0 Å². The number of ether oxygens (including phenoxy) is 2. The van der Waals surface area contributed by atoms with Gasteiger partial charge in [0.2, 0.25) is 0 Å². The Kier molecular flexibility index (Phi) is 7.90. The predicted molar refractivity (Wildman–Crippen MR) is 79.9 cm³/mol. The summed E-state index contributed by atoms with van der Waals surface area (Å²) in [7, 11) is 1.68. The maximum absolute atomic E-state index is 5.77. The summed E-state index contributed by atoms with van der Waals surface area (Å²) in [5.74, 6) is 1.66. The summed E-state index contributed by atoms with van der Waals surface area (Å²) in [4.78, 5) is 0. The molecule has 102 valence electrons. The first kappa shape index (κ1) is 15.4. The molecule has 0 radical (unpaired) electrons. The van der Waals surface area contributed by atoms with E-state index in [0.717, 1.165) is 29.9 Å². The van der Waals surface area contributed by atoms with E-state index in [1.165, 1.54) is 31.2 Å². The summed E-state index contributed by atoms with van der Waals surface area (Å²) < 4.78 is 11.1. The highest BCUT2D eigenvalue weighted by Gasteiger charge is 2.05. The molecule has 1 rings (SSSR count). The van der Waals surface area contributed by atoms with Crippen LogP contribution in [0, 0.1) is 0 Å². The molecular weight excluding hydrogens is 292 g/mol. The molecule has 0 bridgehead atoms. The molecule has 1 aromatic rings. The van der Waals surface area contributed by atoms with Crippen molar-refractivity contribution in [1.29, 1.82) is 0 Å². The molecule has 0 atom stereocenters. The molecule has 0 unspecified atom stereocenters. The van der Waals surface area contributed by atoms with Crippen molar-refractivity contribution < 1.29 is 9.47 Å². The third-order valence-electron chi connectivity index (χ3n) is 2.89. The van der Waals surface area contributed by atoms with Crippen LogP contribution in [0.15, 0.2) is 18.2 Å². The maximum atomic E-state index is 5.77. The summed E-state index contributed by atoms with van der Waals surface area (Å²) in [6.45, 7) is 3.00. The summed E-state index contributed by atoms with van der Waals surface area (Å²) in [5, 5.41) is 0.834. The quantitative estimate of drug-likeness (QED) is 0.475. The van der Waals surface area contributed by atoms with E-state index >= 15 is 0 Å². The number of alkyl halides is 1. The second-order valence-electron chi connectivity index (χ2n) is 4.38. The lowest BCUT2D eigenvalue weighted by atomic mass is 10.2. The first-order valence-electron chi connectivity index (χ1n) is 6.67. The van der Waals surface area contributed by atoms with Crippen LogP contribution < -0.4 is 9.47 Å². The standard InChI is InChI=1S/C15H23BrO2/c1-3-4-5-6-7-10-18-14-9-8-13(12-16)11-15(14)17-2/h8-9,11H,3-7,10,12H2,1-2H3. The highest BCUT2D eigenvalue weighted by Crippen LogP contribution is 2.29. The van der Waals surface area contributed by atoms with Crippen molar-refractivity contribution in [1.82, 2.24) is 0 Å². The molecule has 0 aliphatic carbocycles. The Balaban J connectivity index is 2.37. The lowest BCUT2D eigenvalue weighted by Gasteiger charge is -2.11. The third kappa shape index (κ3) is 5.30. The first-order chi connectivity index (χ1) is 8.81. The molecular formula is C15H23BrO2. The summed E-state index contributed by atoms with van der Waals surface area (Å²) in [6.07, 6.45) is 6.27. The van der Waals surface area contributed by atoms with Gasteiger partial charge in [-0.15, -0.1) is 0 Å². The number of hydrogen-bond acceptors (Lipinski definition) is 2. The lowest BCUT2D eigenvalue weighted by Crippen LogP contribution is -1.99. The fourth-order valence-electron chi connectivity index (χ4n) is 1.80. The largest absolute Gasteiger partial charge is 0.493 e. The van der Waals surface area contributed by atoms with Crippen LogP contribution in [-0.2, 0) is 5.33 Å². The zero-order valence-electron chi connectivity index (χ0n) is 11.4. The molecule has 0 aliphatic heterocycles. The van der Waals surface area contributed by atoms with Gasteiger partial charge in [-0.1, -0.05) is 54.6 Å². The highest BCUT2D eigenvalue weighted by molar-refractivity contribution is 9.08. The average Bonchev–Trinajstić information content (AvgIpc) is 2.42. The lowest BCUT2D eigenvalue weighted by molar-refractivity contribution is 0.284. The van der Waals surface area contributed by atoms with Crippen LogP contribution in [0.2, 0.25) is 0 Å². The Morgan fingerprint density at radius 2 is 1.83 bits per heavy atom. The van der Waals surface area contributed by atoms with E-state index in [2.05, 4.69) is 28.9 Å². The van der Waals surface area contributed by atoms with E-state index in [9.17, 15) is 0 Å². The van der Waals surface area contributed by atoms with Gasteiger partial charge in [0.1, 0.15) is 0 Å². The first-order valence-corrected chi connectivity index (χ1v) is 7.79. The summed E-state index contributed by atoms with van der Waals surface area (Å²) in [6, 6.07) is 6.06. The smallest absolute Gasteiger partial charge is 0.161 e. The Morgan fingerprint density at radius 3 is 2.50 bits per heavy atom. The molecule has 0 saturated heterocycles. The van der Waals surface area contributed by atoms with E-state index in [0.29, 0.717) is 0 Å². The molecule has 3 heteroatoms. The second-order valence-corrected chi connectivity index (χ2v) is 4.94. The Morgan fingerprint density at radius 1 is 1.06 bits per heavy atom. The highest BCUT2D eigenvalue weighted by atomic mass is 79.9. The van der Waals surface area contributed by atoms with Crippen molar-refractivity contribution in [3.05, 3.63) is 23.8 Å². The molecule has 0 heterocycles. The Hall–Kier alpha value is -0.700. The molecule has 0 saturated carbocycles. The van der Waals surface area contributed by atoms with Crippen molar-refractivity contribution in [2.24, 2.45) is 0 Å². The molecule has 1 aromatic carbocycles. The van der Waals surface area contributed by atoms with Crippen LogP contribution in [-0.4, -0.2) is 13.7 Å². The van der Waals surface area contributed by atoms with Crippen LogP contribution in [0.4, 0.5) is 0 Å². The minimum atomic E-state index is 0.772. The van der Waals surface area contributed by atoms with Gasteiger partial charge >= 0.3 is 0 Å². The zero-order valence-corrected chi connectivity index (χ0v) is 13.0. The van der Waals surface area contributed by atoms with Crippen molar-refractivity contribution in [3.8, 4) is 11.5 Å². The number of hydrogen-bond donors (Lipinski definition) is 0. The molecule has 0 amide bonds. The van der Waals surface area contributed by atoms with Crippen molar-refractivity contribution in [3.63, 3.8) is 0 Å². The molecule has 0 spiro atoms. The van der Waals surface area contributed by atoms with Gasteiger partial charge in [0.25, 0.3) is 0 Å². The molecule has 18 heavy (non-hydrogen) atoms. The van der Waals surface area contributed by atoms with E-state index in [1.54, 1.807) is 7.11 Å². The second kappa shape index (κ2) is 9.26. The van der Waals surface area contributed by atoms with Crippen LogP contribution in [0.1, 0.15) is 44.6 Å². The van der Waals surface area contributed by atoms with E-state index in [1.807, 2.05) is 12.1 Å². The molecule has 0 fully saturated rings. The number of methoxy groups -OCH3 is 1. The fraction of sp³-hybridized carbons (Fsp3) is 0.600. The van der Waals surface area contributed by atoms with Gasteiger partial charge < -0.3 is 9.47 Å². The minimum absolute atomic E-state index is 0.772.